The molecule has 1 amide bonds. The Morgan fingerprint density at radius 2 is 2.11 bits per heavy atom. The third-order valence-electron chi connectivity index (χ3n) is 3.82. The fourth-order valence-electron chi connectivity index (χ4n) is 2.85. The van der Waals surface area contributed by atoms with Crippen LogP contribution in [0.15, 0.2) is 29.2 Å². The highest BCUT2D eigenvalue weighted by Crippen LogP contribution is 2.41. The van der Waals surface area contributed by atoms with Gasteiger partial charge in [0.25, 0.3) is 0 Å². The van der Waals surface area contributed by atoms with Crippen LogP contribution in [0, 0.1) is 0 Å². The standard InChI is InChI=1S/C14H15NO3S/c16-13(15-7-3-5-11(15)14(17)18)10-8-19-12-6-2-1-4-9(10)12/h1-2,4,6,10-11H,3,5,7-8H2,(H,17,18)/t10-,11-/m1/s1. The number of carbonyl (C=O) groups is 2. The highest BCUT2D eigenvalue weighted by molar-refractivity contribution is 7.99. The second kappa shape index (κ2) is 4.89. The van der Waals surface area contributed by atoms with Gasteiger partial charge in [0, 0.05) is 17.2 Å². The van der Waals surface area contributed by atoms with Crippen LogP contribution in [0.25, 0.3) is 0 Å². The fraction of sp³-hybridized carbons (Fsp3) is 0.429. The summed E-state index contributed by atoms with van der Waals surface area (Å²) in [5, 5.41) is 9.17. The molecule has 2 atom stereocenters. The van der Waals surface area contributed by atoms with Crippen molar-refractivity contribution in [2.24, 2.45) is 0 Å². The molecule has 4 nitrogen and oxygen atoms in total. The predicted molar refractivity (Wildman–Crippen MR) is 72.3 cm³/mol. The maximum atomic E-state index is 12.6. The Balaban J connectivity index is 1.84. The van der Waals surface area contributed by atoms with Crippen LogP contribution in [-0.2, 0) is 9.59 Å². The number of carbonyl (C=O) groups excluding carboxylic acids is 1. The molecule has 2 heterocycles. The number of hydrogen-bond acceptors (Lipinski definition) is 3. The molecule has 2 aliphatic heterocycles. The fourth-order valence-corrected chi connectivity index (χ4v) is 4.07. The van der Waals surface area contributed by atoms with Crippen LogP contribution in [0.2, 0.25) is 0 Å². The molecule has 0 aliphatic carbocycles. The number of rotatable bonds is 2. The van der Waals surface area contributed by atoms with E-state index in [0.29, 0.717) is 13.0 Å². The summed E-state index contributed by atoms with van der Waals surface area (Å²) in [7, 11) is 0. The van der Waals surface area contributed by atoms with E-state index < -0.39 is 12.0 Å². The van der Waals surface area contributed by atoms with Crippen molar-refractivity contribution in [2.75, 3.05) is 12.3 Å². The van der Waals surface area contributed by atoms with Crippen LogP contribution < -0.4 is 0 Å². The van der Waals surface area contributed by atoms with E-state index in [0.717, 1.165) is 22.6 Å². The van der Waals surface area contributed by atoms with Gasteiger partial charge in [0.15, 0.2) is 0 Å². The Morgan fingerprint density at radius 1 is 1.32 bits per heavy atom. The van der Waals surface area contributed by atoms with Crippen LogP contribution in [0.3, 0.4) is 0 Å². The van der Waals surface area contributed by atoms with Crippen molar-refractivity contribution in [3.05, 3.63) is 29.8 Å². The van der Waals surface area contributed by atoms with Crippen LogP contribution in [0.5, 0.6) is 0 Å². The Hall–Kier alpha value is -1.49. The lowest BCUT2D eigenvalue weighted by Gasteiger charge is -2.24. The van der Waals surface area contributed by atoms with Crippen molar-refractivity contribution in [1.82, 2.24) is 4.90 Å². The quantitative estimate of drug-likeness (QED) is 0.897. The number of nitrogens with zero attached hydrogens (tertiary/aromatic N) is 1. The molecule has 0 radical (unpaired) electrons. The highest BCUT2D eigenvalue weighted by Gasteiger charge is 2.39. The van der Waals surface area contributed by atoms with Crippen molar-refractivity contribution in [2.45, 2.75) is 29.7 Å². The number of hydrogen-bond donors (Lipinski definition) is 1. The first-order chi connectivity index (χ1) is 9.18. The molecule has 1 fully saturated rings. The average Bonchev–Trinajstić information content (AvgIpc) is 3.05. The van der Waals surface area contributed by atoms with Crippen molar-refractivity contribution in [1.29, 1.82) is 0 Å². The molecule has 1 aromatic carbocycles. The monoisotopic (exact) mass is 277 g/mol. The topological polar surface area (TPSA) is 57.6 Å². The van der Waals surface area contributed by atoms with Crippen molar-refractivity contribution in [3.8, 4) is 0 Å². The van der Waals surface area contributed by atoms with Gasteiger partial charge >= 0.3 is 5.97 Å². The van der Waals surface area contributed by atoms with Crippen LogP contribution in [0.4, 0.5) is 0 Å². The van der Waals surface area contributed by atoms with Gasteiger partial charge in [-0.15, -0.1) is 11.8 Å². The Kier molecular flexibility index (Phi) is 3.22. The number of thioether (sulfide) groups is 1. The summed E-state index contributed by atoms with van der Waals surface area (Å²) in [5.41, 5.74) is 1.05. The summed E-state index contributed by atoms with van der Waals surface area (Å²) < 4.78 is 0. The lowest BCUT2D eigenvalue weighted by atomic mass is 9.99. The van der Waals surface area contributed by atoms with Gasteiger partial charge in [0.2, 0.25) is 5.91 Å². The molecule has 0 aromatic heterocycles. The van der Waals surface area contributed by atoms with Gasteiger partial charge in [0.1, 0.15) is 6.04 Å². The zero-order chi connectivity index (χ0) is 13.4. The van der Waals surface area contributed by atoms with E-state index in [-0.39, 0.29) is 11.8 Å². The largest absolute Gasteiger partial charge is 0.480 e. The van der Waals surface area contributed by atoms with E-state index in [2.05, 4.69) is 0 Å². The summed E-state index contributed by atoms with van der Waals surface area (Å²) in [6.45, 7) is 0.569. The average molecular weight is 277 g/mol. The first-order valence-electron chi connectivity index (χ1n) is 6.43. The number of carboxylic acids is 1. The van der Waals surface area contributed by atoms with Crippen LogP contribution in [-0.4, -0.2) is 40.2 Å². The molecular weight excluding hydrogens is 262 g/mol. The van der Waals surface area contributed by atoms with E-state index in [4.69, 9.17) is 0 Å². The minimum Gasteiger partial charge on any atom is -0.480 e. The molecule has 100 valence electrons. The predicted octanol–water partition coefficient (Wildman–Crippen LogP) is 1.95. The number of carboxylic acid groups (broad SMARTS) is 1. The van der Waals surface area contributed by atoms with E-state index in [1.807, 2.05) is 24.3 Å². The summed E-state index contributed by atoms with van der Waals surface area (Å²) in [5.74, 6) is -0.366. The molecule has 3 rings (SSSR count). The first kappa shape index (κ1) is 12.5. The zero-order valence-corrected chi connectivity index (χ0v) is 11.2. The van der Waals surface area contributed by atoms with Gasteiger partial charge in [-0.3, -0.25) is 4.79 Å². The number of aliphatic carboxylic acids is 1. The van der Waals surface area contributed by atoms with Crippen LogP contribution in [0.1, 0.15) is 24.3 Å². The molecule has 1 aromatic rings. The molecule has 19 heavy (non-hydrogen) atoms. The third kappa shape index (κ3) is 2.12. The van der Waals surface area contributed by atoms with Gasteiger partial charge in [-0.05, 0) is 24.5 Å². The van der Waals surface area contributed by atoms with Crippen molar-refractivity contribution in [3.63, 3.8) is 0 Å². The molecule has 1 saturated heterocycles. The Bertz CT molecular complexity index is 531. The summed E-state index contributed by atoms with van der Waals surface area (Å²) in [6.07, 6.45) is 1.35. The van der Waals surface area contributed by atoms with E-state index >= 15 is 0 Å². The van der Waals surface area contributed by atoms with Crippen molar-refractivity contribution < 1.29 is 14.7 Å². The summed E-state index contributed by atoms with van der Waals surface area (Å²) >= 11 is 1.68. The minimum absolute atomic E-state index is 0.0256. The SMILES string of the molecule is O=C(O)[C@H]1CCCN1C(=O)[C@@H]1CSc2ccccc21. The van der Waals surface area contributed by atoms with Gasteiger partial charge in [-0.25, -0.2) is 4.79 Å². The highest BCUT2D eigenvalue weighted by atomic mass is 32.2. The molecule has 0 spiro atoms. The second-order valence-electron chi connectivity index (χ2n) is 4.93. The lowest BCUT2D eigenvalue weighted by Crippen LogP contribution is -2.42. The summed E-state index contributed by atoms with van der Waals surface area (Å²) in [6, 6.07) is 7.26. The molecule has 0 bridgehead atoms. The maximum absolute atomic E-state index is 12.6. The molecule has 5 heteroatoms. The normalized spacial score (nSPS) is 25.4. The van der Waals surface area contributed by atoms with E-state index in [1.165, 1.54) is 0 Å². The van der Waals surface area contributed by atoms with E-state index in [9.17, 15) is 14.7 Å². The van der Waals surface area contributed by atoms with Crippen molar-refractivity contribution >= 4 is 23.6 Å². The number of likely N-dealkylation sites (tertiary alicyclic amines) is 1. The minimum atomic E-state index is -0.884. The smallest absolute Gasteiger partial charge is 0.326 e. The molecule has 1 N–H and O–H groups in total. The Labute approximate surface area is 115 Å². The number of benzene rings is 1. The maximum Gasteiger partial charge on any atom is 0.326 e. The molecule has 2 aliphatic rings. The van der Waals surface area contributed by atoms with Gasteiger partial charge in [-0.2, -0.15) is 0 Å². The second-order valence-corrected chi connectivity index (χ2v) is 5.99. The summed E-state index contributed by atoms with van der Waals surface area (Å²) in [4.78, 5) is 26.4. The number of amides is 1. The number of fused-ring (bicyclic) bond motifs is 1. The van der Waals surface area contributed by atoms with Gasteiger partial charge in [-0.1, -0.05) is 18.2 Å². The van der Waals surface area contributed by atoms with E-state index in [1.54, 1.807) is 16.7 Å². The van der Waals surface area contributed by atoms with Gasteiger partial charge in [0.05, 0.1) is 5.92 Å². The molecule has 0 saturated carbocycles. The molecular formula is C14H15NO3S. The first-order valence-corrected chi connectivity index (χ1v) is 7.42. The van der Waals surface area contributed by atoms with Crippen LogP contribution >= 0.6 is 11.8 Å². The zero-order valence-electron chi connectivity index (χ0n) is 10.4. The third-order valence-corrected chi connectivity index (χ3v) is 5.00. The molecule has 0 unspecified atom stereocenters. The Morgan fingerprint density at radius 3 is 2.89 bits per heavy atom. The lowest BCUT2D eigenvalue weighted by molar-refractivity contribution is -0.148. The van der Waals surface area contributed by atoms with Gasteiger partial charge < -0.3 is 10.0 Å².